The Hall–Kier alpha value is -2.56. The molecule has 0 fully saturated rings. The molecule has 1 aromatic heterocycles. The van der Waals surface area contributed by atoms with Crippen LogP contribution in [0.2, 0.25) is 0 Å². The van der Waals surface area contributed by atoms with Crippen molar-refractivity contribution in [2.75, 3.05) is 13.7 Å². The predicted molar refractivity (Wildman–Crippen MR) is 98.2 cm³/mol. The molecule has 0 aliphatic heterocycles. The number of nitrogens with one attached hydrogen (secondary N) is 1. The fourth-order valence-electron chi connectivity index (χ4n) is 2.87. The van der Waals surface area contributed by atoms with Crippen LogP contribution in [0, 0.1) is 20.8 Å². The van der Waals surface area contributed by atoms with Crippen molar-refractivity contribution in [2.24, 2.45) is 0 Å². The minimum Gasteiger partial charge on any atom is -0.469 e. The first-order valence-electron chi connectivity index (χ1n) is 8.55. The summed E-state index contributed by atoms with van der Waals surface area (Å²) in [5.41, 5.74) is 4.78. The Morgan fingerprint density at radius 2 is 1.72 bits per heavy atom. The normalized spacial score (nSPS) is 10.6. The summed E-state index contributed by atoms with van der Waals surface area (Å²) in [5, 5.41) is 2.95. The number of ether oxygens (including phenoxy) is 1. The summed E-state index contributed by atoms with van der Waals surface area (Å²) in [6.45, 7) is 6.57. The molecule has 0 atom stereocenters. The molecule has 25 heavy (non-hydrogen) atoms. The third kappa shape index (κ3) is 4.72. The highest BCUT2D eigenvalue weighted by atomic mass is 16.5. The highest BCUT2D eigenvalue weighted by molar-refractivity contribution is 5.98. The molecule has 2 rings (SSSR count). The summed E-state index contributed by atoms with van der Waals surface area (Å²) in [5.74, 6) is -0.310. The van der Waals surface area contributed by atoms with E-state index < -0.39 is 0 Å². The maximum atomic E-state index is 12.7. The summed E-state index contributed by atoms with van der Waals surface area (Å²) in [4.78, 5) is 23.8. The third-order valence-corrected chi connectivity index (χ3v) is 4.23. The van der Waals surface area contributed by atoms with Crippen molar-refractivity contribution < 1.29 is 14.3 Å². The Balaban J connectivity index is 2.09. The van der Waals surface area contributed by atoms with Crippen LogP contribution in [0.4, 0.5) is 0 Å². The molecule has 2 aromatic rings. The molecule has 0 bridgehead atoms. The van der Waals surface area contributed by atoms with E-state index in [1.165, 1.54) is 7.11 Å². The van der Waals surface area contributed by atoms with Gasteiger partial charge in [-0.15, -0.1) is 0 Å². The van der Waals surface area contributed by atoms with Crippen molar-refractivity contribution in [2.45, 2.75) is 40.0 Å². The summed E-state index contributed by atoms with van der Waals surface area (Å²) in [7, 11) is 1.38. The van der Waals surface area contributed by atoms with Crippen LogP contribution in [0.5, 0.6) is 0 Å². The van der Waals surface area contributed by atoms with E-state index >= 15 is 0 Å². The van der Waals surface area contributed by atoms with E-state index in [4.69, 9.17) is 0 Å². The Kier molecular flexibility index (Phi) is 6.39. The number of carbonyl (C=O) groups excluding carboxylic acids is 2. The zero-order chi connectivity index (χ0) is 18.4. The third-order valence-electron chi connectivity index (χ3n) is 4.23. The first-order chi connectivity index (χ1) is 11.9. The van der Waals surface area contributed by atoms with Crippen LogP contribution in [-0.4, -0.2) is 30.1 Å². The first kappa shape index (κ1) is 18.8. The lowest BCUT2D eigenvalue weighted by atomic mass is 10.1. The van der Waals surface area contributed by atoms with Gasteiger partial charge >= 0.3 is 5.97 Å². The van der Waals surface area contributed by atoms with Crippen LogP contribution in [0.1, 0.15) is 46.6 Å². The zero-order valence-electron chi connectivity index (χ0n) is 15.4. The van der Waals surface area contributed by atoms with Crippen LogP contribution in [0.25, 0.3) is 5.69 Å². The molecule has 1 amide bonds. The number of rotatable bonds is 7. The predicted octanol–water partition coefficient (Wildman–Crippen LogP) is 3.48. The molecule has 1 aromatic carbocycles. The number of carbonyl (C=O) groups is 2. The Morgan fingerprint density at radius 1 is 1.04 bits per heavy atom. The number of esters is 1. The highest BCUT2D eigenvalue weighted by Crippen LogP contribution is 2.21. The van der Waals surface area contributed by atoms with Crippen molar-refractivity contribution in [3.05, 3.63) is 52.8 Å². The van der Waals surface area contributed by atoms with Crippen LogP contribution >= 0.6 is 0 Å². The lowest BCUT2D eigenvalue weighted by Crippen LogP contribution is -2.26. The molecular formula is C20H26N2O3. The maximum absolute atomic E-state index is 12.7. The van der Waals surface area contributed by atoms with E-state index in [2.05, 4.69) is 14.6 Å². The molecule has 0 saturated carbocycles. The van der Waals surface area contributed by atoms with Crippen molar-refractivity contribution >= 4 is 11.9 Å². The number of aromatic nitrogens is 1. The molecule has 134 valence electrons. The Bertz CT molecular complexity index is 743. The second kappa shape index (κ2) is 8.51. The van der Waals surface area contributed by atoms with Crippen molar-refractivity contribution in [3.8, 4) is 5.69 Å². The number of amides is 1. The summed E-state index contributed by atoms with van der Waals surface area (Å²) >= 11 is 0. The monoisotopic (exact) mass is 342 g/mol. The molecule has 0 spiro atoms. The summed E-state index contributed by atoms with van der Waals surface area (Å²) in [6, 6.07) is 10.0. The number of benzene rings is 1. The van der Waals surface area contributed by atoms with Gasteiger partial charge in [0.05, 0.1) is 18.4 Å². The molecule has 0 aliphatic rings. The van der Waals surface area contributed by atoms with E-state index in [-0.39, 0.29) is 11.9 Å². The van der Waals surface area contributed by atoms with E-state index in [0.29, 0.717) is 24.9 Å². The summed E-state index contributed by atoms with van der Waals surface area (Å²) < 4.78 is 6.70. The second-order valence-corrected chi connectivity index (χ2v) is 6.26. The molecule has 0 saturated heterocycles. The second-order valence-electron chi connectivity index (χ2n) is 6.26. The van der Waals surface area contributed by atoms with Gasteiger partial charge in [0, 0.05) is 24.4 Å². The SMILES string of the molecule is COC(=O)CCCCNC(=O)c1cc(C)ccc1-n1c(C)ccc1C. The smallest absolute Gasteiger partial charge is 0.305 e. The van der Waals surface area contributed by atoms with Gasteiger partial charge < -0.3 is 14.6 Å². The van der Waals surface area contributed by atoms with Gasteiger partial charge in [-0.05, 0) is 57.9 Å². The minimum absolute atomic E-state index is 0.0933. The largest absolute Gasteiger partial charge is 0.469 e. The number of nitrogens with zero attached hydrogens (tertiary/aromatic N) is 1. The van der Waals surface area contributed by atoms with E-state index in [0.717, 1.165) is 29.1 Å². The van der Waals surface area contributed by atoms with Gasteiger partial charge in [0.2, 0.25) is 0 Å². The Labute approximate surface area is 149 Å². The van der Waals surface area contributed by atoms with Crippen molar-refractivity contribution in [1.29, 1.82) is 0 Å². The number of hydrogen-bond acceptors (Lipinski definition) is 3. The minimum atomic E-state index is -0.217. The molecule has 5 nitrogen and oxygen atoms in total. The average Bonchev–Trinajstić information content (AvgIpc) is 2.92. The van der Waals surface area contributed by atoms with Crippen LogP contribution in [0.15, 0.2) is 30.3 Å². The van der Waals surface area contributed by atoms with Gasteiger partial charge in [-0.3, -0.25) is 9.59 Å². The zero-order valence-corrected chi connectivity index (χ0v) is 15.4. The lowest BCUT2D eigenvalue weighted by molar-refractivity contribution is -0.140. The van der Waals surface area contributed by atoms with Crippen LogP contribution in [-0.2, 0) is 9.53 Å². The van der Waals surface area contributed by atoms with Crippen molar-refractivity contribution in [3.63, 3.8) is 0 Å². The number of unbranched alkanes of at least 4 members (excludes halogenated alkanes) is 1. The quantitative estimate of drug-likeness (QED) is 0.619. The molecule has 0 unspecified atom stereocenters. The molecular weight excluding hydrogens is 316 g/mol. The standard InChI is InChI=1S/C20H26N2O3/c1-14-8-11-18(22-15(2)9-10-16(22)3)17(13-14)20(24)21-12-6-5-7-19(23)25-4/h8-11,13H,5-7,12H2,1-4H3,(H,21,24). The average molecular weight is 342 g/mol. The van der Waals surface area contributed by atoms with Gasteiger partial charge in [0.15, 0.2) is 0 Å². The van der Waals surface area contributed by atoms with Crippen LogP contribution in [0.3, 0.4) is 0 Å². The fourth-order valence-corrected chi connectivity index (χ4v) is 2.87. The maximum Gasteiger partial charge on any atom is 0.305 e. The van der Waals surface area contributed by atoms with E-state index in [1.807, 2.05) is 51.1 Å². The van der Waals surface area contributed by atoms with Crippen molar-refractivity contribution in [1.82, 2.24) is 9.88 Å². The van der Waals surface area contributed by atoms with Gasteiger partial charge in [0.25, 0.3) is 5.91 Å². The fraction of sp³-hybridized carbons (Fsp3) is 0.400. The number of methoxy groups -OCH3 is 1. The van der Waals surface area contributed by atoms with Gasteiger partial charge in [0.1, 0.15) is 0 Å². The van der Waals surface area contributed by atoms with Crippen LogP contribution < -0.4 is 5.32 Å². The summed E-state index contributed by atoms with van der Waals surface area (Å²) in [6.07, 6.45) is 1.82. The topological polar surface area (TPSA) is 60.3 Å². The molecule has 0 aliphatic carbocycles. The van der Waals surface area contributed by atoms with E-state index in [1.54, 1.807) is 0 Å². The molecule has 5 heteroatoms. The van der Waals surface area contributed by atoms with Gasteiger partial charge in [-0.1, -0.05) is 11.6 Å². The Morgan fingerprint density at radius 3 is 2.36 bits per heavy atom. The van der Waals surface area contributed by atoms with E-state index in [9.17, 15) is 9.59 Å². The molecule has 1 heterocycles. The number of aryl methyl sites for hydroxylation is 3. The first-order valence-corrected chi connectivity index (χ1v) is 8.55. The number of hydrogen-bond donors (Lipinski definition) is 1. The molecule has 1 N–H and O–H groups in total. The molecule has 0 radical (unpaired) electrons. The highest BCUT2D eigenvalue weighted by Gasteiger charge is 2.15. The lowest BCUT2D eigenvalue weighted by Gasteiger charge is -2.15. The van der Waals surface area contributed by atoms with Gasteiger partial charge in [-0.2, -0.15) is 0 Å². The van der Waals surface area contributed by atoms with Gasteiger partial charge in [-0.25, -0.2) is 0 Å².